The maximum Gasteiger partial charge on any atom is 0.0542 e. The third-order valence-electron chi connectivity index (χ3n) is 12.5. The first-order chi connectivity index (χ1) is 27.5. The minimum absolute atomic E-state index is 0.0717. The van der Waals surface area contributed by atoms with Gasteiger partial charge in [-0.2, -0.15) is 0 Å². The van der Waals surface area contributed by atoms with Crippen molar-refractivity contribution < 1.29 is 0 Å². The molecule has 0 saturated carbocycles. The first-order valence-electron chi connectivity index (χ1n) is 20.9. The van der Waals surface area contributed by atoms with Crippen LogP contribution in [0.25, 0.3) is 27.5 Å². The second kappa shape index (κ2) is 14.5. The highest BCUT2D eigenvalue weighted by Gasteiger charge is 2.30. The van der Waals surface area contributed by atoms with E-state index in [1.807, 2.05) is 0 Å². The van der Waals surface area contributed by atoms with Gasteiger partial charge in [0.15, 0.2) is 0 Å². The topological polar surface area (TPSA) is 8.17 Å². The molecule has 1 aromatic heterocycles. The van der Waals surface area contributed by atoms with Crippen LogP contribution in [0.15, 0.2) is 170 Å². The van der Waals surface area contributed by atoms with Gasteiger partial charge in [-0.1, -0.05) is 178 Å². The Bertz CT molecular complexity index is 2570. The predicted octanol–water partition coefficient (Wildman–Crippen LogP) is 15.5. The number of para-hydroxylation sites is 1. The lowest BCUT2D eigenvalue weighted by atomic mass is 9.73. The van der Waals surface area contributed by atoms with E-state index < -0.39 is 0 Å². The van der Waals surface area contributed by atoms with E-state index in [-0.39, 0.29) is 21.7 Å². The summed E-state index contributed by atoms with van der Waals surface area (Å²) < 4.78 is 2.49. The van der Waals surface area contributed by atoms with Gasteiger partial charge in [0.1, 0.15) is 0 Å². The van der Waals surface area contributed by atoms with Gasteiger partial charge in [-0.3, -0.25) is 0 Å². The normalized spacial score (nSPS) is 12.7. The van der Waals surface area contributed by atoms with E-state index in [9.17, 15) is 0 Å². The first kappa shape index (κ1) is 39.0. The molecule has 1 heterocycles. The van der Waals surface area contributed by atoms with Crippen LogP contribution < -0.4 is 4.90 Å². The monoisotopic (exact) mass is 758 g/mol. The smallest absolute Gasteiger partial charge is 0.0542 e. The number of rotatable bonds is 8. The molecule has 0 aliphatic rings. The van der Waals surface area contributed by atoms with Crippen molar-refractivity contribution in [2.24, 2.45) is 0 Å². The number of hydrogen-bond acceptors (Lipinski definition) is 1. The fourth-order valence-corrected chi connectivity index (χ4v) is 8.55. The Balaban J connectivity index is 1.35. The summed E-state index contributed by atoms with van der Waals surface area (Å²) in [4.78, 5) is 2.41. The van der Waals surface area contributed by atoms with Gasteiger partial charge in [0.25, 0.3) is 0 Å². The average Bonchev–Trinajstić information content (AvgIpc) is 3.55. The third kappa shape index (κ3) is 7.15. The van der Waals surface area contributed by atoms with Crippen LogP contribution in [0.4, 0.5) is 17.1 Å². The van der Waals surface area contributed by atoms with Gasteiger partial charge in [-0.25, -0.2) is 0 Å². The van der Waals surface area contributed by atoms with Gasteiger partial charge in [0.2, 0.25) is 0 Å². The Morgan fingerprint density at radius 2 is 0.741 bits per heavy atom. The number of benzene rings is 7. The first-order valence-corrected chi connectivity index (χ1v) is 20.9. The summed E-state index contributed by atoms with van der Waals surface area (Å²) in [6.45, 7) is 23.1. The van der Waals surface area contributed by atoms with Gasteiger partial charge < -0.3 is 9.47 Å². The lowest BCUT2D eigenvalue weighted by molar-refractivity contribution is 0.590. The molecule has 0 N–H and O–H groups in total. The van der Waals surface area contributed by atoms with Crippen LogP contribution in [-0.2, 0) is 21.7 Å². The van der Waals surface area contributed by atoms with Crippen LogP contribution >= 0.6 is 0 Å². The summed E-state index contributed by atoms with van der Waals surface area (Å²) in [6.07, 6.45) is 0. The van der Waals surface area contributed by atoms with E-state index in [0.717, 1.165) is 17.1 Å². The second-order valence-corrected chi connectivity index (χ2v) is 19.2. The Hall–Kier alpha value is -5.86. The molecule has 2 heteroatoms. The van der Waals surface area contributed by atoms with Crippen molar-refractivity contribution in [3.63, 3.8) is 0 Å². The lowest BCUT2D eigenvalue weighted by Gasteiger charge is -2.32. The van der Waals surface area contributed by atoms with Gasteiger partial charge >= 0.3 is 0 Å². The molecular weight excluding hydrogens is 701 g/mol. The summed E-state index contributed by atoms with van der Waals surface area (Å²) in [5.74, 6) is 0. The molecule has 0 atom stereocenters. The fraction of sp³-hybridized carbons (Fsp3) is 0.250. The van der Waals surface area contributed by atoms with E-state index in [2.05, 4.69) is 249 Å². The molecule has 0 unspecified atom stereocenters. The molecule has 8 aromatic rings. The van der Waals surface area contributed by atoms with E-state index in [1.165, 1.54) is 60.9 Å². The standard InChI is InChI=1S/C56H58N2/c1-53(2,3)39-25-29-45(30-26-39)57(46-31-27-40(28-32-46)54(4,5)6)47-33-34-52-50(38-47)49-23-17-18-24-51(49)58(52)48-36-43(55(7,8)41-19-13-11-14-20-41)35-44(37-48)56(9,10)42-21-15-12-16-22-42/h11-38H,1-10H3. The number of fused-ring (bicyclic) bond motifs is 3. The Morgan fingerprint density at radius 1 is 0.328 bits per heavy atom. The van der Waals surface area contributed by atoms with Crippen LogP contribution in [0.3, 0.4) is 0 Å². The molecule has 0 radical (unpaired) electrons. The van der Waals surface area contributed by atoms with E-state index in [0.29, 0.717) is 0 Å². The van der Waals surface area contributed by atoms with Gasteiger partial charge in [-0.05, 0) is 105 Å². The Morgan fingerprint density at radius 3 is 1.21 bits per heavy atom. The van der Waals surface area contributed by atoms with E-state index in [4.69, 9.17) is 0 Å². The maximum atomic E-state index is 2.49. The zero-order chi connectivity index (χ0) is 41.0. The zero-order valence-corrected chi connectivity index (χ0v) is 36.1. The molecule has 0 fully saturated rings. The van der Waals surface area contributed by atoms with Crippen molar-refractivity contribution in [1.29, 1.82) is 0 Å². The zero-order valence-electron chi connectivity index (χ0n) is 36.1. The number of aromatic nitrogens is 1. The average molecular weight is 759 g/mol. The van der Waals surface area contributed by atoms with Crippen LogP contribution in [0.5, 0.6) is 0 Å². The van der Waals surface area contributed by atoms with Crippen LogP contribution in [0.1, 0.15) is 103 Å². The summed E-state index contributed by atoms with van der Waals surface area (Å²) in [5, 5.41) is 2.47. The Labute approximate surface area is 346 Å². The quantitative estimate of drug-likeness (QED) is 0.150. The second-order valence-electron chi connectivity index (χ2n) is 19.2. The minimum Gasteiger partial charge on any atom is -0.310 e. The highest BCUT2D eigenvalue weighted by Crippen LogP contribution is 2.43. The highest BCUT2D eigenvalue weighted by atomic mass is 15.1. The predicted molar refractivity (Wildman–Crippen MR) is 250 cm³/mol. The lowest BCUT2D eigenvalue weighted by Crippen LogP contribution is -2.23. The molecule has 0 saturated heterocycles. The number of nitrogens with zero attached hydrogens (tertiary/aromatic N) is 2. The van der Waals surface area contributed by atoms with Crippen LogP contribution in [-0.4, -0.2) is 4.57 Å². The number of hydrogen-bond donors (Lipinski definition) is 0. The molecular formula is C56H58N2. The maximum absolute atomic E-state index is 2.49. The Kier molecular flexibility index (Phi) is 9.75. The molecule has 0 amide bonds. The van der Waals surface area contributed by atoms with Crippen LogP contribution in [0.2, 0.25) is 0 Å². The SMILES string of the molecule is CC(C)(C)c1ccc(N(c2ccc(C(C)(C)C)cc2)c2ccc3c(c2)c2ccccc2n3-c2cc(C(C)(C)c3ccccc3)cc(C(C)(C)c3ccccc3)c2)cc1. The van der Waals surface area contributed by atoms with E-state index >= 15 is 0 Å². The molecule has 2 nitrogen and oxygen atoms in total. The third-order valence-corrected chi connectivity index (χ3v) is 12.5. The summed E-state index contributed by atoms with van der Waals surface area (Å²) in [7, 11) is 0. The summed E-state index contributed by atoms with van der Waals surface area (Å²) in [5.41, 5.74) is 14.5. The van der Waals surface area contributed by atoms with Crippen molar-refractivity contribution >= 4 is 38.9 Å². The highest BCUT2D eigenvalue weighted by molar-refractivity contribution is 6.10. The molecule has 8 rings (SSSR count). The molecule has 7 aromatic carbocycles. The van der Waals surface area contributed by atoms with Gasteiger partial charge in [0.05, 0.1) is 11.0 Å². The van der Waals surface area contributed by atoms with Crippen molar-refractivity contribution in [2.75, 3.05) is 4.90 Å². The molecule has 0 spiro atoms. The van der Waals surface area contributed by atoms with Crippen molar-refractivity contribution in [3.05, 3.63) is 203 Å². The summed E-state index contributed by atoms with van der Waals surface area (Å²) >= 11 is 0. The summed E-state index contributed by atoms with van der Waals surface area (Å²) in [6, 6.07) is 63.4. The number of anilines is 3. The van der Waals surface area contributed by atoms with Crippen molar-refractivity contribution in [3.8, 4) is 5.69 Å². The minimum atomic E-state index is -0.226. The van der Waals surface area contributed by atoms with Crippen molar-refractivity contribution in [2.45, 2.75) is 90.9 Å². The molecule has 292 valence electrons. The molecule has 0 aliphatic carbocycles. The van der Waals surface area contributed by atoms with Crippen LogP contribution in [0, 0.1) is 0 Å². The fourth-order valence-electron chi connectivity index (χ4n) is 8.55. The van der Waals surface area contributed by atoms with E-state index in [1.54, 1.807) is 0 Å². The van der Waals surface area contributed by atoms with Crippen molar-refractivity contribution in [1.82, 2.24) is 4.57 Å². The molecule has 58 heavy (non-hydrogen) atoms. The largest absolute Gasteiger partial charge is 0.310 e. The van der Waals surface area contributed by atoms with Gasteiger partial charge in [-0.15, -0.1) is 0 Å². The molecule has 0 aliphatic heterocycles. The van der Waals surface area contributed by atoms with Gasteiger partial charge in [0, 0.05) is 44.4 Å². The molecule has 0 bridgehead atoms.